The Bertz CT molecular complexity index is 492. The molecular formula is C18H24P+. The fourth-order valence-electron chi connectivity index (χ4n) is 2.84. The highest BCUT2D eigenvalue weighted by molar-refractivity contribution is 7.82. The number of hydrogen-bond donors (Lipinski definition) is 0. The van der Waals surface area contributed by atoms with Gasteiger partial charge in [0.25, 0.3) is 0 Å². The lowest BCUT2D eigenvalue weighted by atomic mass is 10.2. The SMILES string of the molecule is CCC[P+](C)(c1ccccc1)C(C)c1ccccc1. The van der Waals surface area contributed by atoms with Crippen molar-refractivity contribution in [2.45, 2.75) is 25.9 Å². The van der Waals surface area contributed by atoms with Crippen LogP contribution in [0.5, 0.6) is 0 Å². The average molecular weight is 271 g/mol. The van der Waals surface area contributed by atoms with Crippen LogP contribution in [0.3, 0.4) is 0 Å². The summed E-state index contributed by atoms with van der Waals surface area (Å²) in [6.45, 7) is 7.23. The van der Waals surface area contributed by atoms with Gasteiger partial charge in [-0.3, -0.25) is 0 Å². The monoisotopic (exact) mass is 271 g/mol. The van der Waals surface area contributed by atoms with E-state index in [1.54, 1.807) is 5.30 Å². The van der Waals surface area contributed by atoms with Crippen molar-refractivity contribution in [1.82, 2.24) is 0 Å². The first-order chi connectivity index (χ1) is 9.18. The molecule has 0 spiro atoms. The topological polar surface area (TPSA) is 0 Å². The van der Waals surface area contributed by atoms with Gasteiger partial charge in [0.05, 0.1) is 31.1 Å². The third-order valence-corrected chi connectivity index (χ3v) is 9.03. The molecule has 0 bridgehead atoms. The van der Waals surface area contributed by atoms with Crippen LogP contribution in [0.25, 0.3) is 0 Å². The number of rotatable bonds is 5. The van der Waals surface area contributed by atoms with Crippen LogP contribution in [0.1, 0.15) is 31.5 Å². The van der Waals surface area contributed by atoms with Crippen LogP contribution in [0.2, 0.25) is 0 Å². The zero-order valence-electron chi connectivity index (χ0n) is 12.2. The van der Waals surface area contributed by atoms with Crippen molar-refractivity contribution < 1.29 is 0 Å². The first kappa shape index (κ1) is 14.3. The smallest absolute Gasteiger partial charge is 0.0622 e. The van der Waals surface area contributed by atoms with E-state index in [4.69, 9.17) is 0 Å². The maximum Gasteiger partial charge on any atom is 0.0961 e. The fraction of sp³-hybridized carbons (Fsp3) is 0.333. The minimum atomic E-state index is -1.13. The zero-order chi connectivity index (χ0) is 13.7. The van der Waals surface area contributed by atoms with Crippen LogP contribution < -0.4 is 5.30 Å². The molecule has 0 radical (unpaired) electrons. The van der Waals surface area contributed by atoms with Gasteiger partial charge in [0.2, 0.25) is 0 Å². The van der Waals surface area contributed by atoms with E-state index in [0.717, 1.165) is 0 Å². The van der Waals surface area contributed by atoms with Gasteiger partial charge >= 0.3 is 0 Å². The first-order valence-electron chi connectivity index (χ1n) is 7.14. The van der Waals surface area contributed by atoms with Crippen molar-refractivity contribution in [3.63, 3.8) is 0 Å². The van der Waals surface area contributed by atoms with Gasteiger partial charge in [-0.15, -0.1) is 0 Å². The lowest BCUT2D eigenvalue weighted by Gasteiger charge is -2.29. The second-order valence-corrected chi connectivity index (χ2v) is 9.69. The van der Waals surface area contributed by atoms with Crippen molar-refractivity contribution in [2.75, 3.05) is 12.8 Å². The Labute approximate surface area is 118 Å². The summed E-state index contributed by atoms with van der Waals surface area (Å²) < 4.78 is 0. The highest BCUT2D eigenvalue weighted by atomic mass is 31.2. The summed E-state index contributed by atoms with van der Waals surface area (Å²) in [7, 11) is -1.13. The Morgan fingerprint density at radius 1 is 0.895 bits per heavy atom. The molecule has 2 aromatic rings. The van der Waals surface area contributed by atoms with Crippen molar-refractivity contribution in [3.05, 3.63) is 66.2 Å². The molecule has 0 N–H and O–H groups in total. The summed E-state index contributed by atoms with van der Waals surface area (Å²) >= 11 is 0. The van der Waals surface area contributed by atoms with Gasteiger partial charge in [-0.1, -0.05) is 55.5 Å². The molecular weight excluding hydrogens is 247 g/mol. The minimum absolute atomic E-state index is 0.635. The van der Waals surface area contributed by atoms with Gasteiger partial charge in [0.1, 0.15) is 0 Å². The first-order valence-corrected chi connectivity index (χ1v) is 9.63. The predicted molar refractivity (Wildman–Crippen MR) is 88.9 cm³/mol. The van der Waals surface area contributed by atoms with Gasteiger partial charge in [-0.05, 0) is 31.0 Å². The lowest BCUT2D eigenvalue weighted by molar-refractivity contribution is 1.02. The molecule has 0 amide bonds. The van der Waals surface area contributed by atoms with Gasteiger partial charge in [-0.25, -0.2) is 0 Å². The van der Waals surface area contributed by atoms with E-state index in [2.05, 4.69) is 81.2 Å². The molecule has 19 heavy (non-hydrogen) atoms. The summed E-state index contributed by atoms with van der Waals surface area (Å²) in [5.74, 6) is 0. The van der Waals surface area contributed by atoms with Crippen LogP contribution in [-0.4, -0.2) is 12.8 Å². The Morgan fingerprint density at radius 3 is 1.95 bits per heavy atom. The fourth-order valence-corrected chi connectivity index (χ4v) is 6.55. The highest BCUT2D eigenvalue weighted by Gasteiger charge is 2.40. The van der Waals surface area contributed by atoms with Gasteiger partial charge < -0.3 is 0 Å². The molecule has 2 atom stereocenters. The molecule has 0 saturated carbocycles. The van der Waals surface area contributed by atoms with Gasteiger partial charge in [-0.2, -0.15) is 0 Å². The molecule has 2 rings (SSSR count). The summed E-state index contributed by atoms with van der Waals surface area (Å²) in [4.78, 5) is 0. The van der Waals surface area contributed by atoms with E-state index < -0.39 is 7.26 Å². The van der Waals surface area contributed by atoms with Crippen molar-refractivity contribution in [1.29, 1.82) is 0 Å². The minimum Gasteiger partial charge on any atom is -0.0622 e. The summed E-state index contributed by atoms with van der Waals surface area (Å²) in [6.07, 6.45) is 2.59. The Kier molecular flexibility index (Phi) is 4.77. The van der Waals surface area contributed by atoms with Crippen molar-refractivity contribution in [2.24, 2.45) is 0 Å². The van der Waals surface area contributed by atoms with Crippen LogP contribution >= 0.6 is 7.26 Å². The number of benzene rings is 2. The largest absolute Gasteiger partial charge is 0.0961 e. The maximum atomic E-state index is 2.52. The predicted octanol–water partition coefficient (Wildman–Crippen LogP) is 5.13. The van der Waals surface area contributed by atoms with Crippen LogP contribution in [0.15, 0.2) is 60.7 Å². The highest BCUT2D eigenvalue weighted by Crippen LogP contribution is 2.65. The van der Waals surface area contributed by atoms with E-state index in [-0.39, 0.29) is 0 Å². The third-order valence-electron chi connectivity index (χ3n) is 4.17. The summed E-state index contributed by atoms with van der Waals surface area (Å²) in [5.41, 5.74) is 2.12. The van der Waals surface area contributed by atoms with Gasteiger partial charge in [0.15, 0.2) is 0 Å². The summed E-state index contributed by atoms with van der Waals surface area (Å²) in [6, 6.07) is 22.1. The van der Waals surface area contributed by atoms with Gasteiger partial charge in [0, 0.05) is 0 Å². The molecule has 100 valence electrons. The molecule has 0 aliphatic rings. The van der Waals surface area contributed by atoms with E-state index in [1.165, 1.54) is 18.1 Å². The Balaban J connectivity index is 2.40. The van der Waals surface area contributed by atoms with E-state index in [0.29, 0.717) is 5.66 Å². The molecule has 0 fully saturated rings. The van der Waals surface area contributed by atoms with Crippen LogP contribution in [0, 0.1) is 0 Å². The molecule has 1 heteroatoms. The molecule has 0 heterocycles. The van der Waals surface area contributed by atoms with Crippen molar-refractivity contribution >= 4 is 12.6 Å². The van der Waals surface area contributed by atoms with E-state index >= 15 is 0 Å². The molecule has 0 saturated heterocycles. The molecule has 2 unspecified atom stereocenters. The normalized spacial score (nSPS) is 15.7. The van der Waals surface area contributed by atoms with E-state index in [1.807, 2.05) is 0 Å². The zero-order valence-corrected chi connectivity index (χ0v) is 13.1. The molecule has 0 aliphatic heterocycles. The Morgan fingerprint density at radius 2 is 1.42 bits per heavy atom. The molecule has 0 aliphatic carbocycles. The second-order valence-electron chi connectivity index (χ2n) is 5.41. The lowest BCUT2D eigenvalue weighted by Crippen LogP contribution is -2.18. The molecule has 0 aromatic heterocycles. The van der Waals surface area contributed by atoms with Crippen LogP contribution in [-0.2, 0) is 0 Å². The number of hydrogen-bond acceptors (Lipinski definition) is 0. The standard InChI is InChI=1S/C18H24P/c1-4-15-19(3,18-13-9-6-10-14-18)16(2)17-11-7-5-8-12-17/h5-14,16H,4,15H2,1-3H3/q+1. The Hall–Kier alpha value is -1.13. The second kappa shape index (κ2) is 6.35. The van der Waals surface area contributed by atoms with Crippen LogP contribution in [0.4, 0.5) is 0 Å². The quantitative estimate of drug-likeness (QED) is 0.661. The van der Waals surface area contributed by atoms with Crippen molar-refractivity contribution in [3.8, 4) is 0 Å². The van der Waals surface area contributed by atoms with E-state index in [9.17, 15) is 0 Å². The average Bonchev–Trinajstić information content (AvgIpc) is 2.48. The molecule has 2 aromatic carbocycles. The molecule has 0 nitrogen and oxygen atoms in total. The third kappa shape index (κ3) is 3.07. The maximum absolute atomic E-state index is 2.52. The summed E-state index contributed by atoms with van der Waals surface area (Å²) in [5, 5.41) is 1.56.